The van der Waals surface area contributed by atoms with Crippen molar-refractivity contribution in [2.45, 2.75) is 0 Å². The minimum absolute atomic E-state index is 0. The molecule has 0 atom stereocenters. The molecule has 0 aliphatic carbocycles. The fourth-order valence-electron chi connectivity index (χ4n) is 2.56. The minimum atomic E-state index is 0. The number of anilines is 2. The van der Waals surface area contributed by atoms with Crippen LogP contribution in [0.2, 0.25) is 10.0 Å². The lowest BCUT2D eigenvalue weighted by atomic mass is 10.2. The number of hydrogen-bond acceptors (Lipinski definition) is 4. The smallest absolute Gasteiger partial charge is 0.0933 e. The van der Waals surface area contributed by atoms with Crippen LogP contribution in [0.4, 0.5) is 11.4 Å². The van der Waals surface area contributed by atoms with E-state index in [2.05, 4.69) is 39.1 Å². The lowest BCUT2D eigenvalue weighted by Gasteiger charge is -2.11. The standard InChI is InChI=1S/C19H20Cl2N4.ClH/c20-16-7-6-15(13-17(16)21)23-11-9-22-10-12-24-18-5-1-3-14-4-2-8-25-19(14)18;/h1-8,13,22-24H,9-12H2;1H. The Morgan fingerprint density at radius 1 is 0.808 bits per heavy atom. The number of aromatic nitrogens is 1. The SMILES string of the molecule is Cl.Clc1ccc(NCCNCCNc2cccc3cccnc23)cc1Cl. The Labute approximate surface area is 169 Å². The van der Waals surface area contributed by atoms with Gasteiger partial charge in [0.05, 0.1) is 21.2 Å². The van der Waals surface area contributed by atoms with Crippen LogP contribution in [0.25, 0.3) is 10.9 Å². The summed E-state index contributed by atoms with van der Waals surface area (Å²) in [6.07, 6.45) is 1.82. The van der Waals surface area contributed by atoms with E-state index < -0.39 is 0 Å². The van der Waals surface area contributed by atoms with Gasteiger partial charge in [0.1, 0.15) is 0 Å². The van der Waals surface area contributed by atoms with Crippen LogP contribution in [0, 0.1) is 0 Å². The van der Waals surface area contributed by atoms with Gasteiger partial charge in [0, 0.05) is 43.4 Å². The summed E-state index contributed by atoms with van der Waals surface area (Å²) in [5, 5.41) is 12.4. The predicted octanol–water partition coefficient (Wildman–Crippen LogP) is 5.08. The van der Waals surface area contributed by atoms with Gasteiger partial charge in [-0.2, -0.15) is 0 Å². The maximum absolute atomic E-state index is 5.99. The van der Waals surface area contributed by atoms with E-state index >= 15 is 0 Å². The van der Waals surface area contributed by atoms with Gasteiger partial charge in [-0.25, -0.2) is 0 Å². The Kier molecular flexibility index (Phi) is 8.26. The molecule has 0 unspecified atom stereocenters. The largest absolute Gasteiger partial charge is 0.384 e. The lowest BCUT2D eigenvalue weighted by molar-refractivity contribution is 0.719. The van der Waals surface area contributed by atoms with Gasteiger partial charge in [-0.3, -0.25) is 4.98 Å². The van der Waals surface area contributed by atoms with Crippen molar-refractivity contribution in [1.29, 1.82) is 0 Å². The third-order valence-corrected chi connectivity index (χ3v) is 4.54. The van der Waals surface area contributed by atoms with E-state index in [1.807, 2.05) is 30.5 Å². The topological polar surface area (TPSA) is 49.0 Å². The van der Waals surface area contributed by atoms with E-state index in [1.54, 1.807) is 6.07 Å². The molecular weight excluding hydrogens is 391 g/mol. The zero-order valence-corrected chi connectivity index (χ0v) is 16.5. The van der Waals surface area contributed by atoms with Gasteiger partial charge in [0.25, 0.3) is 0 Å². The second-order valence-corrected chi connectivity index (χ2v) is 6.43. The van der Waals surface area contributed by atoms with Gasteiger partial charge >= 0.3 is 0 Å². The number of pyridine rings is 1. The summed E-state index contributed by atoms with van der Waals surface area (Å²) in [6, 6.07) is 15.7. The van der Waals surface area contributed by atoms with Gasteiger partial charge in [0.15, 0.2) is 0 Å². The molecule has 0 saturated carbocycles. The van der Waals surface area contributed by atoms with Crippen molar-refractivity contribution in [2.24, 2.45) is 0 Å². The molecule has 2 aromatic carbocycles. The molecule has 0 amide bonds. The van der Waals surface area contributed by atoms with Crippen LogP contribution in [0.5, 0.6) is 0 Å². The van der Waals surface area contributed by atoms with Crippen LogP contribution < -0.4 is 16.0 Å². The maximum atomic E-state index is 5.99. The van der Waals surface area contributed by atoms with Gasteiger partial charge in [-0.05, 0) is 30.3 Å². The van der Waals surface area contributed by atoms with Crippen molar-refractivity contribution in [3.05, 3.63) is 64.8 Å². The summed E-state index contributed by atoms with van der Waals surface area (Å²) < 4.78 is 0. The van der Waals surface area contributed by atoms with Crippen LogP contribution in [-0.4, -0.2) is 31.2 Å². The molecular formula is C19H21Cl3N4. The van der Waals surface area contributed by atoms with Crippen molar-refractivity contribution in [1.82, 2.24) is 10.3 Å². The number of nitrogens with zero attached hydrogens (tertiary/aromatic N) is 1. The van der Waals surface area contributed by atoms with Crippen LogP contribution in [0.1, 0.15) is 0 Å². The zero-order valence-electron chi connectivity index (χ0n) is 14.1. The normalized spacial score (nSPS) is 10.4. The Balaban J connectivity index is 0.00000243. The number of fused-ring (bicyclic) bond motifs is 1. The highest BCUT2D eigenvalue weighted by Crippen LogP contribution is 2.24. The first-order valence-electron chi connectivity index (χ1n) is 8.21. The molecule has 0 aliphatic rings. The van der Waals surface area contributed by atoms with Gasteiger partial charge < -0.3 is 16.0 Å². The number of para-hydroxylation sites is 1. The van der Waals surface area contributed by atoms with Crippen LogP contribution in [0.15, 0.2) is 54.7 Å². The second-order valence-electron chi connectivity index (χ2n) is 5.61. The van der Waals surface area contributed by atoms with E-state index in [0.29, 0.717) is 10.0 Å². The number of halogens is 3. The summed E-state index contributed by atoms with van der Waals surface area (Å²) in [5.41, 5.74) is 3.04. The maximum Gasteiger partial charge on any atom is 0.0933 e. The molecule has 0 radical (unpaired) electrons. The molecule has 4 nitrogen and oxygen atoms in total. The van der Waals surface area contributed by atoms with Crippen molar-refractivity contribution >= 4 is 57.9 Å². The van der Waals surface area contributed by atoms with Gasteiger partial charge in [0.2, 0.25) is 0 Å². The molecule has 3 aromatic rings. The van der Waals surface area contributed by atoms with Crippen molar-refractivity contribution in [3.63, 3.8) is 0 Å². The summed E-state index contributed by atoms with van der Waals surface area (Å²) >= 11 is 11.9. The number of benzene rings is 2. The fourth-order valence-corrected chi connectivity index (χ4v) is 2.86. The molecule has 0 aliphatic heterocycles. The molecule has 138 valence electrons. The van der Waals surface area contributed by atoms with E-state index in [4.69, 9.17) is 23.2 Å². The van der Waals surface area contributed by atoms with E-state index in [9.17, 15) is 0 Å². The van der Waals surface area contributed by atoms with Gasteiger partial charge in [-0.15, -0.1) is 12.4 Å². The second kappa shape index (κ2) is 10.4. The highest BCUT2D eigenvalue weighted by Gasteiger charge is 2.01. The molecule has 1 aromatic heterocycles. The average molecular weight is 412 g/mol. The Morgan fingerprint density at radius 3 is 2.38 bits per heavy atom. The van der Waals surface area contributed by atoms with E-state index in [0.717, 1.165) is 48.5 Å². The quantitative estimate of drug-likeness (QED) is 0.453. The lowest BCUT2D eigenvalue weighted by Crippen LogP contribution is -2.27. The molecule has 26 heavy (non-hydrogen) atoms. The number of rotatable bonds is 8. The number of hydrogen-bond donors (Lipinski definition) is 3. The molecule has 0 bridgehead atoms. The minimum Gasteiger partial charge on any atom is -0.384 e. The summed E-state index contributed by atoms with van der Waals surface area (Å²) in [4.78, 5) is 4.44. The molecule has 0 spiro atoms. The Morgan fingerprint density at radius 2 is 1.58 bits per heavy atom. The monoisotopic (exact) mass is 410 g/mol. The van der Waals surface area contributed by atoms with Gasteiger partial charge in [-0.1, -0.05) is 41.4 Å². The first-order chi connectivity index (χ1) is 12.2. The summed E-state index contributed by atoms with van der Waals surface area (Å²) in [7, 11) is 0. The Bertz CT molecular complexity index is 837. The Hall–Kier alpha value is -1.72. The summed E-state index contributed by atoms with van der Waals surface area (Å²) in [6.45, 7) is 3.37. The average Bonchev–Trinajstić information content (AvgIpc) is 2.64. The first-order valence-corrected chi connectivity index (χ1v) is 8.97. The van der Waals surface area contributed by atoms with Crippen molar-refractivity contribution < 1.29 is 0 Å². The first kappa shape index (κ1) is 20.6. The number of nitrogens with one attached hydrogen (secondary N) is 3. The molecule has 0 saturated heterocycles. The molecule has 0 fully saturated rings. The molecule has 3 N–H and O–H groups in total. The summed E-state index contributed by atoms with van der Waals surface area (Å²) in [5.74, 6) is 0. The molecule has 3 rings (SSSR count). The van der Waals surface area contributed by atoms with E-state index in [1.165, 1.54) is 0 Å². The van der Waals surface area contributed by atoms with Crippen LogP contribution in [-0.2, 0) is 0 Å². The van der Waals surface area contributed by atoms with Crippen LogP contribution >= 0.6 is 35.6 Å². The van der Waals surface area contributed by atoms with Crippen molar-refractivity contribution in [2.75, 3.05) is 36.8 Å². The third-order valence-electron chi connectivity index (χ3n) is 3.80. The molecule has 7 heteroatoms. The van der Waals surface area contributed by atoms with Crippen LogP contribution in [0.3, 0.4) is 0 Å². The van der Waals surface area contributed by atoms with Crippen molar-refractivity contribution in [3.8, 4) is 0 Å². The highest BCUT2D eigenvalue weighted by molar-refractivity contribution is 6.42. The third kappa shape index (κ3) is 5.64. The predicted molar refractivity (Wildman–Crippen MR) is 115 cm³/mol. The highest BCUT2D eigenvalue weighted by atomic mass is 35.5. The zero-order chi connectivity index (χ0) is 17.5. The molecule has 1 heterocycles. The fraction of sp³-hybridized carbons (Fsp3) is 0.211. The van der Waals surface area contributed by atoms with E-state index in [-0.39, 0.29) is 12.4 Å².